The van der Waals surface area contributed by atoms with Gasteiger partial charge in [-0.05, 0) is 37.5 Å². The topological polar surface area (TPSA) is 61.5 Å². The summed E-state index contributed by atoms with van der Waals surface area (Å²) < 4.78 is 10.1. The summed E-state index contributed by atoms with van der Waals surface area (Å²) in [7, 11) is 1.58. The van der Waals surface area contributed by atoms with Gasteiger partial charge in [0.25, 0.3) is 0 Å². The molecule has 0 amide bonds. The molecular formula is C14H21NO3. The van der Waals surface area contributed by atoms with Crippen LogP contribution in [0.25, 0.3) is 0 Å². The Kier molecular flexibility index (Phi) is 5.49. The summed E-state index contributed by atoms with van der Waals surface area (Å²) in [4.78, 5) is 11.7. The Bertz CT molecular complexity index is 404. The number of hydrogen-bond acceptors (Lipinski definition) is 4. The zero-order valence-electron chi connectivity index (χ0n) is 11.2. The van der Waals surface area contributed by atoms with Crippen LogP contribution in [0.4, 0.5) is 5.69 Å². The van der Waals surface area contributed by atoms with Crippen molar-refractivity contribution >= 4 is 11.7 Å². The first-order valence-electron chi connectivity index (χ1n) is 6.21. The van der Waals surface area contributed by atoms with Crippen molar-refractivity contribution < 1.29 is 14.3 Å². The molecule has 1 aromatic carbocycles. The number of nitrogens with two attached hydrogens (primary N) is 1. The van der Waals surface area contributed by atoms with Crippen LogP contribution in [0, 0.1) is 5.92 Å². The Morgan fingerprint density at radius 1 is 1.39 bits per heavy atom. The van der Waals surface area contributed by atoms with Gasteiger partial charge in [0.2, 0.25) is 0 Å². The van der Waals surface area contributed by atoms with Crippen LogP contribution in [-0.4, -0.2) is 19.7 Å². The number of carbonyl (C=O) groups excluding carboxylic acids is 1. The van der Waals surface area contributed by atoms with E-state index in [0.29, 0.717) is 24.5 Å². The molecule has 0 aliphatic carbocycles. The van der Waals surface area contributed by atoms with Crippen LogP contribution in [-0.2, 0) is 16.0 Å². The Morgan fingerprint density at radius 3 is 2.61 bits per heavy atom. The third-order valence-electron chi connectivity index (χ3n) is 2.89. The second-order valence-corrected chi connectivity index (χ2v) is 4.14. The van der Waals surface area contributed by atoms with E-state index in [2.05, 4.69) is 0 Å². The SMILES string of the molecule is CCOC(=O)[C@H](CC)Cc1ccc(OC)c(N)c1. The highest BCUT2D eigenvalue weighted by molar-refractivity contribution is 5.72. The molecule has 0 aliphatic rings. The van der Waals surface area contributed by atoms with Gasteiger partial charge in [-0.2, -0.15) is 0 Å². The maximum atomic E-state index is 11.7. The van der Waals surface area contributed by atoms with Gasteiger partial charge >= 0.3 is 5.97 Å². The largest absolute Gasteiger partial charge is 0.495 e. The van der Waals surface area contributed by atoms with Crippen molar-refractivity contribution in [3.63, 3.8) is 0 Å². The lowest BCUT2D eigenvalue weighted by molar-refractivity contribution is -0.148. The van der Waals surface area contributed by atoms with Crippen molar-refractivity contribution in [2.24, 2.45) is 5.92 Å². The van der Waals surface area contributed by atoms with E-state index in [4.69, 9.17) is 15.2 Å². The molecule has 18 heavy (non-hydrogen) atoms. The van der Waals surface area contributed by atoms with Gasteiger partial charge in [0, 0.05) is 0 Å². The van der Waals surface area contributed by atoms with E-state index >= 15 is 0 Å². The molecule has 0 radical (unpaired) electrons. The van der Waals surface area contributed by atoms with Crippen molar-refractivity contribution in [1.29, 1.82) is 0 Å². The number of carbonyl (C=O) groups is 1. The van der Waals surface area contributed by atoms with Gasteiger partial charge in [-0.25, -0.2) is 0 Å². The predicted octanol–water partition coefficient (Wildman–Crippen LogP) is 2.41. The number of ether oxygens (including phenoxy) is 2. The van der Waals surface area contributed by atoms with Crippen LogP contribution in [0.2, 0.25) is 0 Å². The number of nitrogen functional groups attached to an aromatic ring is 1. The maximum Gasteiger partial charge on any atom is 0.309 e. The third kappa shape index (κ3) is 3.65. The normalized spacial score (nSPS) is 11.9. The van der Waals surface area contributed by atoms with Crippen LogP contribution in [0.1, 0.15) is 25.8 Å². The van der Waals surface area contributed by atoms with E-state index in [1.807, 2.05) is 32.0 Å². The smallest absolute Gasteiger partial charge is 0.309 e. The lowest BCUT2D eigenvalue weighted by Gasteiger charge is -2.14. The number of esters is 1. The van der Waals surface area contributed by atoms with Crippen molar-refractivity contribution in [3.8, 4) is 5.75 Å². The second kappa shape index (κ2) is 6.89. The molecule has 0 fully saturated rings. The summed E-state index contributed by atoms with van der Waals surface area (Å²) >= 11 is 0. The van der Waals surface area contributed by atoms with E-state index in [-0.39, 0.29) is 11.9 Å². The van der Waals surface area contributed by atoms with Crippen LogP contribution in [0.3, 0.4) is 0 Å². The van der Waals surface area contributed by atoms with E-state index in [1.54, 1.807) is 7.11 Å². The summed E-state index contributed by atoms with van der Waals surface area (Å²) in [6.07, 6.45) is 1.40. The number of rotatable bonds is 6. The quantitative estimate of drug-likeness (QED) is 0.623. The van der Waals surface area contributed by atoms with E-state index in [0.717, 1.165) is 12.0 Å². The summed E-state index contributed by atoms with van der Waals surface area (Å²) in [5, 5.41) is 0. The molecule has 0 aliphatic heterocycles. The highest BCUT2D eigenvalue weighted by atomic mass is 16.5. The molecule has 0 saturated carbocycles. The summed E-state index contributed by atoms with van der Waals surface area (Å²) in [5.74, 6) is 0.398. The van der Waals surface area contributed by atoms with Crippen LogP contribution in [0.15, 0.2) is 18.2 Å². The molecule has 1 rings (SSSR count). The molecule has 0 spiro atoms. The summed E-state index contributed by atoms with van der Waals surface area (Å²) in [6, 6.07) is 5.60. The minimum Gasteiger partial charge on any atom is -0.495 e. The number of benzene rings is 1. The molecule has 0 heterocycles. The Hall–Kier alpha value is -1.71. The molecule has 4 heteroatoms. The maximum absolute atomic E-state index is 11.7. The second-order valence-electron chi connectivity index (χ2n) is 4.14. The molecule has 4 nitrogen and oxygen atoms in total. The van der Waals surface area contributed by atoms with Gasteiger partial charge in [0.05, 0.1) is 25.3 Å². The van der Waals surface area contributed by atoms with Crippen LogP contribution >= 0.6 is 0 Å². The van der Waals surface area contributed by atoms with E-state index in [1.165, 1.54) is 0 Å². The predicted molar refractivity (Wildman–Crippen MR) is 71.5 cm³/mol. The number of methoxy groups -OCH3 is 1. The van der Waals surface area contributed by atoms with Gasteiger partial charge in [-0.1, -0.05) is 13.0 Å². The lowest BCUT2D eigenvalue weighted by Crippen LogP contribution is -2.19. The lowest BCUT2D eigenvalue weighted by atomic mass is 9.96. The standard InChI is InChI=1S/C14H21NO3/c1-4-11(14(16)18-5-2)8-10-6-7-13(17-3)12(15)9-10/h6-7,9,11H,4-5,8,15H2,1-3H3/t11-/m1/s1. The molecule has 0 unspecified atom stereocenters. The molecule has 1 atom stereocenters. The minimum absolute atomic E-state index is 0.113. The molecule has 2 N–H and O–H groups in total. The van der Waals surface area contributed by atoms with Crippen molar-refractivity contribution in [2.45, 2.75) is 26.7 Å². The van der Waals surface area contributed by atoms with Crippen LogP contribution < -0.4 is 10.5 Å². The van der Waals surface area contributed by atoms with Crippen molar-refractivity contribution in [2.75, 3.05) is 19.5 Å². The van der Waals surface area contributed by atoms with Gasteiger partial charge < -0.3 is 15.2 Å². The molecular weight excluding hydrogens is 230 g/mol. The zero-order valence-corrected chi connectivity index (χ0v) is 11.2. The van der Waals surface area contributed by atoms with Gasteiger partial charge in [-0.3, -0.25) is 4.79 Å². The van der Waals surface area contributed by atoms with Crippen molar-refractivity contribution in [3.05, 3.63) is 23.8 Å². The first kappa shape index (κ1) is 14.4. The fourth-order valence-electron chi connectivity index (χ4n) is 1.85. The molecule has 0 aromatic heterocycles. The number of anilines is 1. The first-order chi connectivity index (χ1) is 8.62. The Labute approximate surface area is 108 Å². The minimum atomic E-state index is -0.144. The third-order valence-corrected chi connectivity index (χ3v) is 2.89. The molecule has 0 bridgehead atoms. The summed E-state index contributed by atoms with van der Waals surface area (Å²) in [5.41, 5.74) is 7.46. The van der Waals surface area contributed by atoms with Gasteiger partial charge in [0.15, 0.2) is 0 Å². The Morgan fingerprint density at radius 2 is 2.11 bits per heavy atom. The van der Waals surface area contributed by atoms with Crippen molar-refractivity contribution in [1.82, 2.24) is 0 Å². The molecule has 0 saturated heterocycles. The molecule has 100 valence electrons. The van der Waals surface area contributed by atoms with Gasteiger partial charge in [0.1, 0.15) is 5.75 Å². The average Bonchev–Trinajstić information content (AvgIpc) is 2.36. The fourth-order valence-corrected chi connectivity index (χ4v) is 1.85. The monoisotopic (exact) mass is 251 g/mol. The Balaban J connectivity index is 2.76. The molecule has 1 aromatic rings. The highest BCUT2D eigenvalue weighted by Crippen LogP contribution is 2.24. The van der Waals surface area contributed by atoms with Crippen LogP contribution in [0.5, 0.6) is 5.75 Å². The average molecular weight is 251 g/mol. The summed E-state index contributed by atoms with van der Waals surface area (Å²) in [6.45, 7) is 4.21. The number of hydrogen-bond donors (Lipinski definition) is 1. The van der Waals surface area contributed by atoms with E-state index < -0.39 is 0 Å². The van der Waals surface area contributed by atoms with E-state index in [9.17, 15) is 4.79 Å². The zero-order chi connectivity index (χ0) is 13.5. The fraction of sp³-hybridized carbons (Fsp3) is 0.500. The van der Waals surface area contributed by atoms with Gasteiger partial charge in [-0.15, -0.1) is 0 Å². The highest BCUT2D eigenvalue weighted by Gasteiger charge is 2.18. The first-order valence-corrected chi connectivity index (χ1v) is 6.21.